The Labute approximate surface area is 190 Å². The van der Waals surface area contributed by atoms with Gasteiger partial charge >= 0.3 is 0 Å². The Morgan fingerprint density at radius 2 is 1.59 bits per heavy atom. The lowest BCUT2D eigenvalue weighted by Crippen LogP contribution is -2.59. The van der Waals surface area contributed by atoms with Crippen molar-refractivity contribution < 1.29 is 17.9 Å². The fraction of sp³-hybridized carbons (Fsp3) is 0.458. The molecular formula is C24H31N3O4S. The Morgan fingerprint density at radius 1 is 0.938 bits per heavy atom. The second-order valence-electron chi connectivity index (χ2n) is 8.56. The van der Waals surface area contributed by atoms with Crippen molar-refractivity contribution >= 4 is 21.6 Å². The van der Waals surface area contributed by atoms with Gasteiger partial charge in [-0.1, -0.05) is 37.5 Å². The highest BCUT2D eigenvalue weighted by molar-refractivity contribution is 7.92. The molecule has 8 heteroatoms. The number of hydrogen-bond donors (Lipinski definition) is 2. The highest BCUT2D eigenvalue weighted by atomic mass is 32.2. The summed E-state index contributed by atoms with van der Waals surface area (Å²) in [6.45, 7) is 3.93. The van der Waals surface area contributed by atoms with E-state index in [1.807, 2.05) is 0 Å². The summed E-state index contributed by atoms with van der Waals surface area (Å²) in [5.41, 5.74) is 0.936. The van der Waals surface area contributed by atoms with E-state index in [-0.39, 0.29) is 16.3 Å². The molecule has 2 aromatic rings. The number of benzene rings is 2. The molecule has 1 saturated carbocycles. The summed E-state index contributed by atoms with van der Waals surface area (Å²) < 4.78 is 33.0. The molecule has 0 unspecified atom stereocenters. The minimum atomic E-state index is -3.66. The van der Waals surface area contributed by atoms with E-state index < -0.39 is 10.0 Å². The molecule has 0 atom stereocenters. The van der Waals surface area contributed by atoms with Crippen LogP contribution in [-0.4, -0.2) is 57.6 Å². The Balaban J connectivity index is 1.39. The monoisotopic (exact) mass is 457 g/mol. The van der Waals surface area contributed by atoms with E-state index in [9.17, 15) is 13.2 Å². The number of nitrogens with one attached hydrogen (secondary N) is 2. The third-order valence-corrected chi connectivity index (χ3v) is 7.89. The summed E-state index contributed by atoms with van der Waals surface area (Å²) in [6.07, 6.45) is 5.80. The number of sulfonamides is 1. The van der Waals surface area contributed by atoms with Crippen LogP contribution in [0.1, 0.15) is 42.5 Å². The molecular weight excluding hydrogens is 426 g/mol. The Bertz CT molecular complexity index is 997. The van der Waals surface area contributed by atoms with E-state index in [2.05, 4.69) is 14.9 Å². The molecule has 32 heavy (non-hydrogen) atoms. The average Bonchev–Trinajstić information content (AvgIpc) is 2.84. The van der Waals surface area contributed by atoms with Gasteiger partial charge in [0.05, 0.1) is 18.1 Å². The number of morpholine rings is 1. The predicted octanol–water partition coefficient (Wildman–Crippen LogP) is 3.25. The van der Waals surface area contributed by atoms with E-state index in [1.165, 1.54) is 19.3 Å². The molecule has 1 aliphatic heterocycles. The molecule has 172 valence electrons. The van der Waals surface area contributed by atoms with Crippen LogP contribution in [0.4, 0.5) is 5.69 Å². The summed E-state index contributed by atoms with van der Waals surface area (Å²) in [6, 6.07) is 14.8. The van der Waals surface area contributed by atoms with E-state index in [1.54, 1.807) is 54.6 Å². The van der Waals surface area contributed by atoms with Crippen LogP contribution in [0, 0.1) is 0 Å². The number of anilines is 1. The van der Waals surface area contributed by atoms with Crippen LogP contribution in [0.2, 0.25) is 0 Å². The Kier molecular flexibility index (Phi) is 7.13. The van der Waals surface area contributed by atoms with Crippen molar-refractivity contribution in [1.82, 2.24) is 10.2 Å². The van der Waals surface area contributed by atoms with Gasteiger partial charge < -0.3 is 10.1 Å². The molecule has 0 bridgehead atoms. The lowest BCUT2D eigenvalue weighted by atomic mass is 9.79. The van der Waals surface area contributed by atoms with E-state index >= 15 is 0 Å². The maximum atomic E-state index is 12.8. The van der Waals surface area contributed by atoms with Crippen molar-refractivity contribution in [3.63, 3.8) is 0 Å². The van der Waals surface area contributed by atoms with Gasteiger partial charge in [-0.25, -0.2) is 8.42 Å². The number of carbonyl (C=O) groups is 1. The van der Waals surface area contributed by atoms with E-state index in [4.69, 9.17) is 4.74 Å². The molecule has 0 spiro atoms. The standard InChI is InChI=1S/C24H31N3O4S/c28-23(25-19-24(13-5-2-6-14-24)27-15-17-31-18-16-27)20-9-11-21(12-10-20)26-32(29,30)22-7-3-1-4-8-22/h1,3-4,7-12,26H,2,5-6,13-19H2,(H,25,28). The lowest BCUT2D eigenvalue weighted by Gasteiger charge is -2.48. The Morgan fingerprint density at radius 3 is 2.25 bits per heavy atom. The molecule has 7 nitrogen and oxygen atoms in total. The van der Waals surface area contributed by atoms with Gasteiger partial charge in [0.25, 0.3) is 15.9 Å². The smallest absolute Gasteiger partial charge is 0.261 e. The van der Waals surface area contributed by atoms with Crippen LogP contribution in [0.3, 0.4) is 0 Å². The van der Waals surface area contributed by atoms with E-state index in [0.717, 1.165) is 39.1 Å². The number of amides is 1. The van der Waals surface area contributed by atoms with Crippen LogP contribution in [0.25, 0.3) is 0 Å². The molecule has 1 aliphatic carbocycles. The molecule has 2 aliphatic rings. The minimum Gasteiger partial charge on any atom is -0.379 e. The van der Waals surface area contributed by atoms with Crippen LogP contribution >= 0.6 is 0 Å². The molecule has 2 aromatic carbocycles. The maximum Gasteiger partial charge on any atom is 0.261 e. The Hall–Kier alpha value is -2.42. The topological polar surface area (TPSA) is 87.7 Å². The summed E-state index contributed by atoms with van der Waals surface area (Å²) in [4.78, 5) is 15.5. The summed E-state index contributed by atoms with van der Waals surface area (Å²) >= 11 is 0. The lowest BCUT2D eigenvalue weighted by molar-refractivity contribution is -0.0361. The first-order valence-electron chi connectivity index (χ1n) is 11.3. The third kappa shape index (κ3) is 5.31. The fourth-order valence-corrected chi connectivity index (χ4v) is 5.78. The van der Waals surface area contributed by atoms with Gasteiger partial charge in [0.15, 0.2) is 0 Å². The van der Waals surface area contributed by atoms with Gasteiger partial charge in [-0.05, 0) is 49.2 Å². The van der Waals surface area contributed by atoms with Crippen LogP contribution in [0.5, 0.6) is 0 Å². The molecule has 1 saturated heterocycles. The largest absolute Gasteiger partial charge is 0.379 e. The second kappa shape index (κ2) is 10.0. The molecule has 1 heterocycles. The number of rotatable bonds is 7. The SMILES string of the molecule is O=C(NCC1(N2CCOCC2)CCCCC1)c1ccc(NS(=O)(=O)c2ccccc2)cc1. The molecule has 4 rings (SSSR count). The van der Waals surface area contributed by atoms with Gasteiger partial charge in [0.2, 0.25) is 0 Å². The zero-order valence-electron chi connectivity index (χ0n) is 18.3. The number of ether oxygens (including phenoxy) is 1. The van der Waals surface area contributed by atoms with Crippen molar-refractivity contribution in [1.29, 1.82) is 0 Å². The number of carbonyl (C=O) groups excluding carboxylic acids is 1. The van der Waals surface area contributed by atoms with Crippen molar-refractivity contribution in [3.8, 4) is 0 Å². The maximum absolute atomic E-state index is 12.8. The summed E-state index contributed by atoms with van der Waals surface area (Å²) in [7, 11) is -3.66. The second-order valence-corrected chi connectivity index (χ2v) is 10.2. The molecule has 2 fully saturated rings. The van der Waals surface area contributed by atoms with Gasteiger partial charge in [0.1, 0.15) is 0 Å². The molecule has 0 radical (unpaired) electrons. The molecule has 0 aromatic heterocycles. The minimum absolute atomic E-state index is 0.00292. The first kappa shape index (κ1) is 22.8. The highest BCUT2D eigenvalue weighted by Gasteiger charge is 2.38. The normalized spacial score (nSPS) is 19.2. The molecule has 2 N–H and O–H groups in total. The first-order valence-corrected chi connectivity index (χ1v) is 12.8. The van der Waals surface area contributed by atoms with Crippen LogP contribution in [-0.2, 0) is 14.8 Å². The summed E-state index contributed by atoms with van der Waals surface area (Å²) in [5, 5.41) is 3.14. The quantitative estimate of drug-likeness (QED) is 0.666. The zero-order chi connectivity index (χ0) is 22.4. The highest BCUT2D eigenvalue weighted by Crippen LogP contribution is 2.34. The van der Waals surface area contributed by atoms with Gasteiger partial charge in [-0.15, -0.1) is 0 Å². The van der Waals surface area contributed by atoms with Crippen LogP contribution in [0.15, 0.2) is 59.5 Å². The first-order chi connectivity index (χ1) is 15.5. The zero-order valence-corrected chi connectivity index (χ0v) is 19.1. The van der Waals surface area contributed by atoms with Gasteiger partial charge in [-0.2, -0.15) is 0 Å². The average molecular weight is 458 g/mol. The number of hydrogen-bond acceptors (Lipinski definition) is 5. The van der Waals surface area contributed by atoms with Gasteiger partial charge in [-0.3, -0.25) is 14.4 Å². The fourth-order valence-electron chi connectivity index (χ4n) is 4.70. The predicted molar refractivity (Wildman–Crippen MR) is 124 cm³/mol. The van der Waals surface area contributed by atoms with Crippen molar-refractivity contribution in [2.45, 2.75) is 42.5 Å². The van der Waals surface area contributed by atoms with Crippen LogP contribution < -0.4 is 10.0 Å². The van der Waals surface area contributed by atoms with Crippen molar-refractivity contribution in [2.24, 2.45) is 0 Å². The molecule has 1 amide bonds. The third-order valence-electron chi connectivity index (χ3n) is 6.50. The van der Waals surface area contributed by atoms with Gasteiger partial charge in [0, 0.05) is 36.4 Å². The van der Waals surface area contributed by atoms with Crippen molar-refractivity contribution in [2.75, 3.05) is 37.6 Å². The van der Waals surface area contributed by atoms with E-state index in [0.29, 0.717) is 17.8 Å². The number of nitrogens with zero attached hydrogens (tertiary/aromatic N) is 1. The summed E-state index contributed by atoms with van der Waals surface area (Å²) in [5.74, 6) is -0.138. The van der Waals surface area contributed by atoms with Crippen molar-refractivity contribution in [3.05, 3.63) is 60.2 Å².